The predicted octanol–water partition coefficient (Wildman–Crippen LogP) is 15.5. The lowest BCUT2D eigenvalue weighted by molar-refractivity contribution is 1.30. The molecule has 54 heavy (non-hydrogen) atoms. The van der Waals surface area contributed by atoms with Crippen LogP contribution in [-0.4, -0.2) is 0 Å². The summed E-state index contributed by atoms with van der Waals surface area (Å²) >= 11 is 1.89. The van der Waals surface area contributed by atoms with Crippen molar-refractivity contribution in [2.24, 2.45) is 0 Å². The van der Waals surface area contributed by atoms with Gasteiger partial charge in [0.05, 0.1) is 5.69 Å². The van der Waals surface area contributed by atoms with Gasteiger partial charge in [-0.05, 0) is 102 Å². The van der Waals surface area contributed by atoms with Gasteiger partial charge in [0.25, 0.3) is 0 Å². The zero-order chi connectivity index (χ0) is 35.6. The van der Waals surface area contributed by atoms with Crippen LogP contribution in [0.15, 0.2) is 200 Å². The van der Waals surface area contributed by atoms with Crippen LogP contribution >= 0.6 is 11.3 Å². The molecule has 252 valence electrons. The Morgan fingerprint density at radius 1 is 0.333 bits per heavy atom. The zero-order valence-electron chi connectivity index (χ0n) is 29.4. The molecule has 0 fully saturated rings. The first kappa shape index (κ1) is 30.8. The fraction of sp³-hybridized carbons (Fsp3) is 0. The number of hydrogen-bond donors (Lipinski definition) is 0. The number of nitrogens with zero attached hydrogens (tertiary/aromatic N) is 1. The van der Waals surface area contributed by atoms with Crippen LogP contribution in [-0.2, 0) is 0 Å². The number of fused-ring (bicyclic) bond motifs is 10. The summed E-state index contributed by atoms with van der Waals surface area (Å²) in [6.45, 7) is 0. The van der Waals surface area contributed by atoms with Crippen LogP contribution in [0.4, 0.5) is 17.1 Å². The van der Waals surface area contributed by atoms with Gasteiger partial charge >= 0.3 is 0 Å². The first-order chi connectivity index (χ1) is 26.8. The van der Waals surface area contributed by atoms with Crippen molar-refractivity contribution >= 4 is 91.7 Å². The van der Waals surface area contributed by atoms with Crippen LogP contribution in [0.25, 0.3) is 85.5 Å². The maximum atomic E-state index is 2.44. The highest BCUT2D eigenvalue weighted by atomic mass is 32.1. The molecule has 2 heteroatoms. The van der Waals surface area contributed by atoms with Gasteiger partial charge in [-0.15, -0.1) is 11.3 Å². The number of anilines is 3. The van der Waals surface area contributed by atoms with Crippen molar-refractivity contribution in [1.82, 2.24) is 0 Å². The highest BCUT2D eigenvalue weighted by Gasteiger charge is 2.20. The summed E-state index contributed by atoms with van der Waals surface area (Å²) in [5, 5.41) is 12.8. The largest absolute Gasteiger partial charge is 0.310 e. The molecule has 0 atom stereocenters. The van der Waals surface area contributed by atoms with E-state index in [0.29, 0.717) is 0 Å². The van der Waals surface area contributed by atoms with E-state index in [1.54, 1.807) is 0 Å². The first-order valence-corrected chi connectivity index (χ1v) is 19.3. The molecule has 0 saturated carbocycles. The Morgan fingerprint density at radius 3 is 1.72 bits per heavy atom. The second kappa shape index (κ2) is 12.4. The molecular formula is C52H33NS. The van der Waals surface area contributed by atoms with E-state index in [0.717, 1.165) is 11.4 Å². The van der Waals surface area contributed by atoms with Crippen LogP contribution in [0.1, 0.15) is 0 Å². The van der Waals surface area contributed by atoms with Crippen LogP contribution in [0.2, 0.25) is 0 Å². The Kier molecular flexibility index (Phi) is 7.11. The molecule has 1 nitrogen and oxygen atoms in total. The van der Waals surface area contributed by atoms with Crippen molar-refractivity contribution in [3.8, 4) is 22.3 Å². The van der Waals surface area contributed by atoms with E-state index in [4.69, 9.17) is 0 Å². The Hall–Kier alpha value is -6.74. The number of thiophene rings is 1. The van der Waals surface area contributed by atoms with Crippen molar-refractivity contribution in [2.75, 3.05) is 4.90 Å². The molecule has 1 aromatic heterocycles. The molecule has 0 saturated heterocycles. The second-order valence-corrected chi connectivity index (χ2v) is 15.1. The van der Waals surface area contributed by atoms with E-state index in [-0.39, 0.29) is 0 Å². The lowest BCUT2D eigenvalue weighted by Gasteiger charge is -2.27. The summed E-state index contributed by atoms with van der Waals surface area (Å²) in [4.78, 5) is 2.44. The minimum atomic E-state index is 1.12. The van der Waals surface area contributed by atoms with Gasteiger partial charge in [0.2, 0.25) is 0 Å². The number of rotatable bonds is 5. The summed E-state index contributed by atoms with van der Waals surface area (Å²) in [7, 11) is 0. The topological polar surface area (TPSA) is 3.24 Å². The van der Waals surface area contributed by atoms with Gasteiger partial charge in [-0.25, -0.2) is 0 Å². The van der Waals surface area contributed by atoms with Crippen molar-refractivity contribution in [3.63, 3.8) is 0 Å². The van der Waals surface area contributed by atoms with Crippen molar-refractivity contribution in [3.05, 3.63) is 200 Å². The molecule has 11 rings (SSSR count). The third-order valence-electron chi connectivity index (χ3n) is 11.0. The molecule has 0 radical (unpaired) electrons. The van der Waals surface area contributed by atoms with E-state index in [9.17, 15) is 0 Å². The maximum absolute atomic E-state index is 2.44. The van der Waals surface area contributed by atoms with E-state index in [2.05, 4.69) is 205 Å². The quantitative estimate of drug-likeness (QED) is 0.161. The second-order valence-electron chi connectivity index (χ2n) is 14.1. The molecule has 0 bridgehead atoms. The van der Waals surface area contributed by atoms with Gasteiger partial charge in [-0.3, -0.25) is 0 Å². The van der Waals surface area contributed by atoms with E-state index in [1.807, 2.05) is 11.3 Å². The van der Waals surface area contributed by atoms with Crippen molar-refractivity contribution in [1.29, 1.82) is 0 Å². The molecule has 10 aromatic carbocycles. The molecule has 0 amide bonds. The average molecular weight is 704 g/mol. The average Bonchev–Trinajstić information content (AvgIpc) is 3.63. The highest BCUT2D eigenvalue weighted by Crippen LogP contribution is 2.46. The molecule has 0 spiro atoms. The van der Waals surface area contributed by atoms with Gasteiger partial charge < -0.3 is 4.90 Å². The van der Waals surface area contributed by atoms with Crippen molar-refractivity contribution < 1.29 is 0 Å². The SMILES string of the molecule is c1ccc(-c2ccc(N(c3ccc(-c4cc5ccc6ccccc6c5c5ccccc45)cc3)c3cccc4ccc5c6ccccc6sc5c34)cc2)cc1. The molecule has 1 heterocycles. The first-order valence-electron chi connectivity index (χ1n) is 18.5. The fourth-order valence-corrected chi connectivity index (χ4v) is 9.75. The Balaban J connectivity index is 1.11. The maximum Gasteiger partial charge on any atom is 0.0554 e. The molecule has 0 aliphatic carbocycles. The zero-order valence-corrected chi connectivity index (χ0v) is 30.2. The standard InChI is InChI=1S/C52H33NS/c1-2-11-34(12-3-1)35-23-28-40(29-24-35)53(48-19-10-14-38-27-32-46-44-17-8-9-20-49(44)54-52(46)51(38)48)41-30-25-37(26-31-41)47-33-39-22-21-36-13-4-5-15-42(36)50(39)45-18-7-6-16-43(45)47/h1-33H. The smallest absolute Gasteiger partial charge is 0.0554 e. The molecule has 0 aliphatic heterocycles. The summed E-state index contributed by atoms with van der Waals surface area (Å²) in [6, 6.07) is 73.4. The highest BCUT2D eigenvalue weighted by molar-refractivity contribution is 7.26. The summed E-state index contributed by atoms with van der Waals surface area (Å²) in [5.41, 5.74) is 8.28. The monoisotopic (exact) mass is 703 g/mol. The third-order valence-corrected chi connectivity index (χ3v) is 12.2. The normalized spacial score (nSPS) is 11.7. The van der Waals surface area contributed by atoms with Crippen LogP contribution in [0.3, 0.4) is 0 Å². The van der Waals surface area contributed by atoms with E-state index < -0.39 is 0 Å². The molecular weight excluding hydrogens is 671 g/mol. The van der Waals surface area contributed by atoms with Gasteiger partial charge in [0.15, 0.2) is 0 Å². The number of benzene rings is 10. The summed E-state index contributed by atoms with van der Waals surface area (Å²) < 4.78 is 2.63. The minimum absolute atomic E-state index is 1.12. The third kappa shape index (κ3) is 4.92. The Bertz CT molecular complexity index is 3190. The van der Waals surface area contributed by atoms with Crippen LogP contribution < -0.4 is 4.90 Å². The minimum Gasteiger partial charge on any atom is -0.310 e. The summed E-state index contributed by atoms with van der Waals surface area (Å²) in [5.74, 6) is 0. The van der Waals surface area contributed by atoms with Crippen LogP contribution in [0.5, 0.6) is 0 Å². The molecule has 0 unspecified atom stereocenters. The van der Waals surface area contributed by atoms with Gasteiger partial charge in [-0.1, -0.05) is 158 Å². The lowest BCUT2D eigenvalue weighted by atomic mass is 9.90. The van der Waals surface area contributed by atoms with Gasteiger partial charge in [-0.2, -0.15) is 0 Å². The molecule has 0 N–H and O–H groups in total. The number of hydrogen-bond acceptors (Lipinski definition) is 2. The van der Waals surface area contributed by atoms with Gasteiger partial charge in [0, 0.05) is 36.9 Å². The van der Waals surface area contributed by atoms with Gasteiger partial charge in [0.1, 0.15) is 0 Å². The molecule has 11 aromatic rings. The van der Waals surface area contributed by atoms with E-state index in [1.165, 1.54) is 91.2 Å². The summed E-state index contributed by atoms with van der Waals surface area (Å²) in [6.07, 6.45) is 0. The molecule has 0 aliphatic rings. The fourth-order valence-electron chi connectivity index (χ4n) is 8.49. The predicted molar refractivity (Wildman–Crippen MR) is 235 cm³/mol. The lowest BCUT2D eigenvalue weighted by Crippen LogP contribution is -2.10. The van der Waals surface area contributed by atoms with Crippen molar-refractivity contribution in [2.45, 2.75) is 0 Å². The van der Waals surface area contributed by atoms with Crippen LogP contribution in [0, 0.1) is 0 Å². The van der Waals surface area contributed by atoms with E-state index >= 15 is 0 Å². The Morgan fingerprint density at radius 2 is 0.926 bits per heavy atom. The Labute approximate surface area is 317 Å².